The Morgan fingerprint density at radius 1 is 1.26 bits per heavy atom. The SMILES string of the molecule is CCOc1ccc(C)cc1C(N)c1cc(Br)sc1Br. The molecular weight excluding hydrogens is 390 g/mol. The molecule has 2 nitrogen and oxygen atoms in total. The molecule has 0 saturated heterocycles. The van der Waals surface area contributed by atoms with Crippen LogP contribution in [0.1, 0.15) is 29.7 Å². The van der Waals surface area contributed by atoms with Crippen molar-refractivity contribution in [2.45, 2.75) is 19.9 Å². The van der Waals surface area contributed by atoms with E-state index in [1.54, 1.807) is 11.3 Å². The topological polar surface area (TPSA) is 35.2 Å². The van der Waals surface area contributed by atoms with Crippen LogP contribution in [-0.4, -0.2) is 6.61 Å². The van der Waals surface area contributed by atoms with E-state index >= 15 is 0 Å². The average molecular weight is 405 g/mol. The van der Waals surface area contributed by atoms with Gasteiger partial charge in [-0.3, -0.25) is 0 Å². The van der Waals surface area contributed by atoms with Gasteiger partial charge in [-0.15, -0.1) is 11.3 Å². The average Bonchev–Trinajstić information content (AvgIpc) is 2.70. The molecule has 2 rings (SSSR count). The number of ether oxygens (including phenoxy) is 1. The van der Waals surface area contributed by atoms with E-state index < -0.39 is 0 Å². The summed E-state index contributed by atoms with van der Waals surface area (Å²) in [6.07, 6.45) is 0. The van der Waals surface area contributed by atoms with Gasteiger partial charge in [0.1, 0.15) is 5.75 Å². The van der Waals surface area contributed by atoms with E-state index in [4.69, 9.17) is 10.5 Å². The molecule has 1 atom stereocenters. The normalized spacial score (nSPS) is 12.5. The van der Waals surface area contributed by atoms with Crippen molar-refractivity contribution in [2.75, 3.05) is 6.61 Å². The van der Waals surface area contributed by atoms with Gasteiger partial charge in [-0.1, -0.05) is 17.7 Å². The number of benzene rings is 1. The van der Waals surface area contributed by atoms with Gasteiger partial charge < -0.3 is 10.5 Å². The Hall–Kier alpha value is -0.360. The lowest BCUT2D eigenvalue weighted by Gasteiger charge is -2.17. The number of nitrogens with two attached hydrogens (primary N) is 1. The summed E-state index contributed by atoms with van der Waals surface area (Å²) in [6, 6.07) is 7.98. The van der Waals surface area contributed by atoms with Crippen LogP contribution in [0.5, 0.6) is 5.75 Å². The third-order valence-corrected chi connectivity index (χ3v) is 5.20. The van der Waals surface area contributed by atoms with E-state index in [1.807, 2.05) is 19.1 Å². The van der Waals surface area contributed by atoms with Gasteiger partial charge in [-0.25, -0.2) is 0 Å². The van der Waals surface area contributed by atoms with Gasteiger partial charge in [0.15, 0.2) is 0 Å². The fraction of sp³-hybridized carbons (Fsp3) is 0.286. The number of rotatable bonds is 4. The van der Waals surface area contributed by atoms with E-state index in [-0.39, 0.29) is 6.04 Å². The van der Waals surface area contributed by atoms with Gasteiger partial charge in [0, 0.05) is 5.56 Å². The number of aryl methyl sites for hydroxylation is 1. The molecule has 102 valence electrons. The third-order valence-electron chi connectivity index (χ3n) is 2.82. The highest BCUT2D eigenvalue weighted by atomic mass is 79.9. The van der Waals surface area contributed by atoms with Crippen LogP contribution in [0.3, 0.4) is 0 Å². The van der Waals surface area contributed by atoms with Crippen LogP contribution in [0.15, 0.2) is 31.8 Å². The van der Waals surface area contributed by atoms with Crippen molar-refractivity contribution in [1.82, 2.24) is 0 Å². The summed E-state index contributed by atoms with van der Waals surface area (Å²) in [5.74, 6) is 0.856. The molecule has 0 bridgehead atoms. The molecule has 2 N–H and O–H groups in total. The largest absolute Gasteiger partial charge is 0.494 e. The third kappa shape index (κ3) is 3.40. The molecule has 0 aliphatic carbocycles. The molecule has 1 unspecified atom stereocenters. The zero-order valence-corrected chi connectivity index (χ0v) is 14.7. The van der Waals surface area contributed by atoms with E-state index in [0.29, 0.717) is 6.61 Å². The second-order valence-corrected chi connectivity index (χ2v) is 7.98. The number of halogens is 2. The molecule has 0 aliphatic heterocycles. The first kappa shape index (κ1) is 15.0. The summed E-state index contributed by atoms with van der Waals surface area (Å²) < 4.78 is 7.79. The van der Waals surface area contributed by atoms with Crippen molar-refractivity contribution in [1.29, 1.82) is 0 Å². The van der Waals surface area contributed by atoms with Crippen molar-refractivity contribution < 1.29 is 4.74 Å². The van der Waals surface area contributed by atoms with Crippen molar-refractivity contribution in [3.8, 4) is 5.75 Å². The molecule has 0 radical (unpaired) electrons. The fourth-order valence-corrected chi connectivity index (χ4v) is 4.86. The summed E-state index contributed by atoms with van der Waals surface area (Å²) in [5.41, 5.74) is 9.68. The molecule has 0 aliphatic rings. The lowest BCUT2D eigenvalue weighted by Crippen LogP contribution is -2.13. The molecule has 1 heterocycles. The maximum absolute atomic E-state index is 6.41. The minimum Gasteiger partial charge on any atom is -0.494 e. The van der Waals surface area contributed by atoms with Crippen LogP contribution in [-0.2, 0) is 0 Å². The summed E-state index contributed by atoms with van der Waals surface area (Å²) in [7, 11) is 0. The van der Waals surface area contributed by atoms with Crippen molar-refractivity contribution in [2.24, 2.45) is 5.73 Å². The first-order valence-corrected chi connectivity index (χ1v) is 8.36. The van der Waals surface area contributed by atoms with E-state index in [9.17, 15) is 0 Å². The molecule has 0 spiro atoms. The predicted molar refractivity (Wildman–Crippen MR) is 88.1 cm³/mol. The number of hydrogen-bond acceptors (Lipinski definition) is 3. The van der Waals surface area contributed by atoms with Gasteiger partial charge in [0.05, 0.1) is 20.2 Å². The number of thiophene rings is 1. The Kier molecular flexibility index (Phi) is 5.06. The quantitative estimate of drug-likeness (QED) is 0.775. The molecule has 2 aromatic rings. The minimum absolute atomic E-state index is 0.196. The molecule has 1 aromatic carbocycles. The molecule has 0 amide bonds. The second kappa shape index (κ2) is 6.39. The zero-order valence-electron chi connectivity index (χ0n) is 10.7. The summed E-state index contributed by atoms with van der Waals surface area (Å²) >= 11 is 8.68. The molecule has 5 heteroatoms. The van der Waals surface area contributed by atoms with Crippen LogP contribution in [0.25, 0.3) is 0 Å². The monoisotopic (exact) mass is 403 g/mol. The second-order valence-electron chi connectivity index (χ2n) is 4.23. The van der Waals surface area contributed by atoms with Gasteiger partial charge in [-0.05, 0) is 63.4 Å². The van der Waals surface area contributed by atoms with Crippen molar-refractivity contribution >= 4 is 43.2 Å². The summed E-state index contributed by atoms with van der Waals surface area (Å²) in [6.45, 7) is 4.67. The zero-order chi connectivity index (χ0) is 14.0. The van der Waals surface area contributed by atoms with E-state index in [2.05, 4.69) is 50.9 Å². The Morgan fingerprint density at radius 3 is 2.58 bits per heavy atom. The van der Waals surface area contributed by atoms with Crippen LogP contribution in [0, 0.1) is 6.92 Å². The maximum atomic E-state index is 6.41. The van der Waals surface area contributed by atoms with E-state index in [0.717, 1.165) is 24.4 Å². The van der Waals surface area contributed by atoms with E-state index in [1.165, 1.54) is 5.56 Å². The molecule has 1 aromatic heterocycles. The molecule has 0 fully saturated rings. The molecule has 19 heavy (non-hydrogen) atoms. The Balaban J connectivity index is 2.45. The highest BCUT2D eigenvalue weighted by Crippen LogP contribution is 2.39. The van der Waals surface area contributed by atoms with Crippen LogP contribution < -0.4 is 10.5 Å². The van der Waals surface area contributed by atoms with Crippen LogP contribution in [0.4, 0.5) is 0 Å². The Bertz CT molecular complexity index is 583. The van der Waals surface area contributed by atoms with Crippen molar-refractivity contribution in [3.63, 3.8) is 0 Å². The smallest absolute Gasteiger partial charge is 0.124 e. The summed E-state index contributed by atoms with van der Waals surface area (Å²) in [4.78, 5) is 0. The highest BCUT2D eigenvalue weighted by Gasteiger charge is 2.19. The Morgan fingerprint density at radius 2 is 2.00 bits per heavy atom. The van der Waals surface area contributed by atoms with Gasteiger partial charge in [0.25, 0.3) is 0 Å². The van der Waals surface area contributed by atoms with Gasteiger partial charge in [0.2, 0.25) is 0 Å². The van der Waals surface area contributed by atoms with Crippen LogP contribution >= 0.6 is 43.2 Å². The lowest BCUT2D eigenvalue weighted by molar-refractivity contribution is 0.335. The minimum atomic E-state index is -0.196. The maximum Gasteiger partial charge on any atom is 0.124 e. The van der Waals surface area contributed by atoms with Gasteiger partial charge in [-0.2, -0.15) is 0 Å². The van der Waals surface area contributed by atoms with Gasteiger partial charge >= 0.3 is 0 Å². The Labute approximate surface area is 134 Å². The fourth-order valence-electron chi connectivity index (χ4n) is 1.93. The first-order chi connectivity index (χ1) is 9.02. The summed E-state index contributed by atoms with van der Waals surface area (Å²) in [5, 5.41) is 0. The first-order valence-electron chi connectivity index (χ1n) is 5.96. The predicted octanol–water partition coefficient (Wildman–Crippen LogP) is 5.03. The molecular formula is C14H15Br2NOS. The number of hydrogen-bond donors (Lipinski definition) is 1. The molecule has 0 saturated carbocycles. The standard InChI is InChI=1S/C14H15Br2NOS/c1-3-18-11-5-4-8(2)6-9(11)13(17)10-7-12(15)19-14(10)16/h4-7,13H,3,17H2,1-2H3. The highest BCUT2D eigenvalue weighted by molar-refractivity contribution is 9.12. The van der Waals surface area contributed by atoms with Crippen LogP contribution in [0.2, 0.25) is 0 Å². The van der Waals surface area contributed by atoms with Crippen molar-refractivity contribution in [3.05, 3.63) is 48.5 Å². The lowest BCUT2D eigenvalue weighted by atomic mass is 9.99.